The van der Waals surface area contributed by atoms with E-state index in [-0.39, 0.29) is 11.7 Å². The van der Waals surface area contributed by atoms with E-state index in [1.807, 2.05) is 79.7 Å². The minimum absolute atomic E-state index is 0.0518. The maximum Gasteiger partial charge on any atom is 0.439 e. The second-order valence-electron chi connectivity index (χ2n) is 10.4. The molecule has 2 heterocycles. The van der Waals surface area contributed by atoms with E-state index >= 15 is 0 Å². The van der Waals surface area contributed by atoms with E-state index in [1.165, 1.54) is 0 Å². The molecule has 0 aliphatic rings. The molecule has 0 fully saturated rings. The largest absolute Gasteiger partial charge is 0.490 e. The van der Waals surface area contributed by atoms with Crippen molar-refractivity contribution in [1.82, 2.24) is 19.7 Å². The van der Waals surface area contributed by atoms with Crippen LogP contribution in [0.1, 0.15) is 62.7 Å². The number of aromatic nitrogens is 4. The summed E-state index contributed by atoms with van der Waals surface area (Å²) in [6, 6.07) is 23.5. The van der Waals surface area contributed by atoms with E-state index in [0.29, 0.717) is 23.6 Å². The van der Waals surface area contributed by atoms with Gasteiger partial charge in [0.2, 0.25) is 0 Å². The molecule has 216 valence electrons. The van der Waals surface area contributed by atoms with Gasteiger partial charge in [-0.25, -0.2) is 9.78 Å². The Hall–Kier alpha value is -4.72. The monoisotopic (exact) mass is 564 g/mol. The van der Waals surface area contributed by atoms with Gasteiger partial charge in [0.25, 0.3) is 5.56 Å². The topological polar surface area (TPSA) is 103 Å². The minimum atomic E-state index is -0.596. The van der Waals surface area contributed by atoms with E-state index in [0.717, 1.165) is 65.1 Å². The van der Waals surface area contributed by atoms with Crippen molar-refractivity contribution in [2.45, 2.75) is 65.9 Å². The fourth-order valence-corrected chi connectivity index (χ4v) is 5.26. The summed E-state index contributed by atoms with van der Waals surface area (Å²) in [6.45, 7) is 8.21. The van der Waals surface area contributed by atoms with Crippen LogP contribution in [-0.2, 0) is 12.8 Å². The highest BCUT2D eigenvalue weighted by Crippen LogP contribution is 2.30. The summed E-state index contributed by atoms with van der Waals surface area (Å²) in [5.74, 6) is 1.25. The van der Waals surface area contributed by atoms with Gasteiger partial charge in [0.1, 0.15) is 11.6 Å². The molecular formula is C34H36N4O4. The number of aromatic amines is 1. The summed E-state index contributed by atoms with van der Waals surface area (Å²) in [4.78, 5) is 33.0. The average Bonchev–Trinajstić information content (AvgIpc) is 3.45. The molecule has 0 amide bonds. The molecule has 0 unspecified atom stereocenters. The van der Waals surface area contributed by atoms with Crippen molar-refractivity contribution >= 4 is 0 Å². The molecule has 42 heavy (non-hydrogen) atoms. The summed E-state index contributed by atoms with van der Waals surface area (Å²) in [7, 11) is 0. The highest BCUT2D eigenvalue weighted by molar-refractivity contribution is 5.80. The molecule has 0 saturated heterocycles. The number of hydrogen-bond donors (Lipinski definition) is 1. The van der Waals surface area contributed by atoms with Gasteiger partial charge in [0, 0.05) is 17.5 Å². The standard InChI is InChI=1S/C34H36N4O4/c1-5-10-31-30(33(39)38(22(4)35-31)25-17-19-27(20-18-25)41-26(6-2)7-3)21-23-13-15-24(16-14-23)28-11-8-9-12-29(28)32-36-34(40)42-37-32/h8-9,11-20,26H,5-7,10,21H2,1-4H3,(H,36,37,40). The van der Waals surface area contributed by atoms with Gasteiger partial charge in [-0.2, -0.15) is 0 Å². The smallest absolute Gasteiger partial charge is 0.439 e. The Kier molecular flexibility index (Phi) is 8.81. The van der Waals surface area contributed by atoms with Crippen LogP contribution in [0.15, 0.2) is 86.9 Å². The van der Waals surface area contributed by atoms with Crippen molar-refractivity contribution in [3.05, 3.63) is 116 Å². The first-order valence-electron chi connectivity index (χ1n) is 14.5. The van der Waals surface area contributed by atoms with Gasteiger partial charge in [-0.1, -0.05) is 80.9 Å². The Balaban J connectivity index is 1.46. The molecule has 0 radical (unpaired) electrons. The fourth-order valence-electron chi connectivity index (χ4n) is 5.26. The SMILES string of the molecule is CCCc1nc(C)n(-c2ccc(OC(CC)CC)cc2)c(=O)c1Cc1ccc(-c2ccccc2-c2noc(=O)[nH]2)cc1. The lowest BCUT2D eigenvalue weighted by Crippen LogP contribution is -2.28. The number of aryl methyl sites for hydroxylation is 2. The van der Waals surface area contributed by atoms with Crippen LogP contribution in [0.2, 0.25) is 0 Å². The van der Waals surface area contributed by atoms with Crippen LogP contribution in [0, 0.1) is 6.92 Å². The zero-order valence-electron chi connectivity index (χ0n) is 24.5. The van der Waals surface area contributed by atoms with Gasteiger partial charge in [-0.15, -0.1) is 0 Å². The Morgan fingerprint density at radius 1 is 0.905 bits per heavy atom. The molecule has 0 bridgehead atoms. The zero-order valence-corrected chi connectivity index (χ0v) is 24.5. The van der Waals surface area contributed by atoms with Crippen LogP contribution in [0.4, 0.5) is 0 Å². The third kappa shape index (κ3) is 6.12. The minimum Gasteiger partial charge on any atom is -0.490 e. The van der Waals surface area contributed by atoms with Crippen LogP contribution in [0.3, 0.4) is 0 Å². The van der Waals surface area contributed by atoms with Gasteiger partial charge >= 0.3 is 5.76 Å². The Labute approximate surface area is 245 Å². The quantitative estimate of drug-likeness (QED) is 0.192. The lowest BCUT2D eigenvalue weighted by atomic mass is 9.96. The van der Waals surface area contributed by atoms with E-state index in [9.17, 15) is 9.59 Å². The third-order valence-electron chi connectivity index (χ3n) is 7.49. The zero-order chi connectivity index (χ0) is 29.6. The van der Waals surface area contributed by atoms with Gasteiger partial charge in [-0.05, 0) is 67.1 Å². The maximum absolute atomic E-state index is 14.0. The fraction of sp³-hybridized carbons (Fsp3) is 0.294. The normalized spacial score (nSPS) is 11.3. The highest BCUT2D eigenvalue weighted by Gasteiger charge is 2.17. The van der Waals surface area contributed by atoms with Crippen LogP contribution in [-0.4, -0.2) is 25.8 Å². The summed E-state index contributed by atoms with van der Waals surface area (Å²) in [5.41, 5.74) is 5.91. The van der Waals surface area contributed by atoms with E-state index in [1.54, 1.807) is 4.57 Å². The Bertz CT molecular complexity index is 1760. The molecule has 0 atom stereocenters. The highest BCUT2D eigenvalue weighted by atomic mass is 16.5. The number of benzene rings is 3. The lowest BCUT2D eigenvalue weighted by molar-refractivity contribution is 0.193. The number of rotatable bonds is 11. The van der Waals surface area contributed by atoms with E-state index in [4.69, 9.17) is 14.2 Å². The Morgan fingerprint density at radius 3 is 2.21 bits per heavy atom. The predicted molar refractivity (Wildman–Crippen MR) is 164 cm³/mol. The molecular weight excluding hydrogens is 528 g/mol. The van der Waals surface area contributed by atoms with Gasteiger partial charge in [-0.3, -0.25) is 18.9 Å². The number of ether oxygens (including phenoxy) is 1. The molecule has 0 spiro atoms. The first-order valence-corrected chi connectivity index (χ1v) is 14.5. The summed E-state index contributed by atoms with van der Waals surface area (Å²) >= 11 is 0. The number of nitrogens with zero attached hydrogens (tertiary/aromatic N) is 3. The summed E-state index contributed by atoms with van der Waals surface area (Å²) < 4.78 is 12.5. The second kappa shape index (κ2) is 12.9. The molecule has 5 aromatic rings. The van der Waals surface area contributed by atoms with Crippen molar-refractivity contribution in [1.29, 1.82) is 0 Å². The number of nitrogens with one attached hydrogen (secondary N) is 1. The van der Waals surface area contributed by atoms with Crippen LogP contribution in [0.25, 0.3) is 28.2 Å². The van der Waals surface area contributed by atoms with Crippen molar-refractivity contribution < 1.29 is 9.26 Å². The molecule has 0 saturated carbocycles. The molecule has 0 aliphatic carbocycles. The summed E-state index contributed by atoms with van der Waals surface area (Å²) in [6.07, 6.45) is 4.15. The number of hydrogen-bond acceptors (Lipinski definition) is 6. The van der Waals surface area contributed by atoms with Gasteiger partial charge in [0.15, 0.2) is 5.82 Å². The Morgan fingerprint density at radius 2 is 1.60 bits per heavy atom. The molecule has 0 aliphatic heterocycles. The van der Waals surface area contributed by atoms with Crippen molar-refractivity contribution in [2.24, 2.45) is 0 Å². The van der Waals surface area contributed by atoms with E-state index < -0.39 is 5.76 Å². The first kappa shape index (κ1) is 28.8. The molecule has 2 aromatic heterocycles. The molecule has 3 aromatic carbocycles. The number of H-pyrrole nitrogens is 1. The summed E-state index contributed by atoms with van der Waals surface area (Å²) in [5, 5.41) is 3.85. The van der Waals surface area contributed by atoms with E-state index in [2.05, 4.69) is 30.9 Å². The second-order valence-corrected chi connectivity index (χ2v) is 10.4. The first-order chi connectivity index (χ1) is 20.4. The van der Waals surface area contributed by atoms with Crippen LogP contribution in [0.5, 0.6) is 5.75 Å². The van der Waals surface area contributed by atoms with Crippen LogP contribution >= 0.6 is 0 Å². The van der Waals surface area contributed by atoms with Gasteiger partial charge in [0.05, 0.1) is 17.5 Å². The van der Waals surface area contributed by atoms with Crippen molar-refractivity contribution in [3.8, 4) is 34.0 Å². The molecule has 8 nitrogen and oxygen atoms in total. The maximum atomic E-state index is 14.0. The predicted octanol–water partition coefficient (Wildman–Crippen LogP) is 6.66. The molecule has 5 rings (SSSR count). The average molecular weight is 565 g/mol. The van der Waals surface area contributed by atoms with Gasteiger partial charge < -0.3 is 4.74 Å². The van der Waals surface area contributed by atoms with Crippen LogP contribution < -0.4 is 16.1 Å². The lowest BCUT2D eigenvalue weighted by Gasteiger charge is -2.18. The molecule has 8 heteroatoms. The molecule has 1 N–H and O–H groups in total. The van der Waals surface area contributed by atoms with Crippen molar-refractivity contribution in [2.75, 3.05) is 0 Å². The van der Waals surface area contributed by atoms with Crippen molar-refractivity contribution in [3.63, 3.8) is 0 Å². The third-order valence-corrected chi connectivity index (χ3v) is 7.49.